The van der Waals surface area contributed by atoms with Crippen molar-refractivity contribution in [1.29, 1.82) is 0 Å². The normalized spacial score (nSPS) is 16.3. The molecule has 0 aromatic carbocycles. The molecule has 1 aromatic heterocycles. The van der Waals surface area contributed by atoms with Crippen LogP contribution in [0.1, 0.15) is 20.1 Å². The van der Waals surface area contributed by atoms with Crippen molar-refractivity contribution < 1.29 is 7.86 Å². The predicted molar refractivity (Wildman–Crippen MR) is 63.6 cm³/mol. The Labute approximate surface area is 117 Å². The van der Waals surface area contributed by atoms with Gasteiger partial charge in [-0.25, -0.2) is 0 Å². The van der Waals surface area contributed by atoms with Crippen LogP contribution < -0.4 is 0 Å². The summed E-state index contributed by atoms with van der Waals surface area (Å²) in [4.78, 5) is 13.4. The number of nitrogens with zero attached hydrogens (tertiary/aromatic N) is 1. The first-order valence-electron chi connectivity index (χ1n) is 4.15. The van der Waals surface area contributed by atoms with Gasteiger partial charge in [-0.1, -0.05) is 0 Å². The Hall–Kier alpha value is 0.782. The maximum absolute atomic E-state index is 11.3. The van der Waals surface area contributed by atoms with E-state index in [0.29, 0.717) is 0 Å². The second-order valence-electron chi connectivity index (χ2n) is 3.14. The Morgan fingerprint density at radius 3 is 3.21 bits per heavy atom. The van der Waals surface area contributed by atoms with Gasteiger partial charge in [0.1, 0.15) is 0 Å². The molecule has 2 heterocycles. The average molecular weight is 513 g/mol. The standard InChI is InChI=1S/C8H7INO2S.Tl/c9-12-8(11)7-3-5-4-10-2-1-6(5)13-7;/h3H,1-2,4H2;/q-1;+1. The molecule has 72 valence electrons. The Morgan fingerprint density at radius 1 is 1.71 bits per heavy atom. The van der Waals surface area contributed by atoms with E-state index in [0.717, 1.165) is 50.5 Å². The van der Waals surface area contributed by atoms with E-state index in [9.17, 15) is 4.79 Å². The van der Waals surface area contributed by atoms with Crippen LogP contribution in [-0.2, 0) is 16.0 Å². The van der Waals surface area contributed by atoms with Crippen LogP contribution in [0.3, 0.4) is 0 Å². The van der Waals surface area contributed by atoms with Crippen LogP contribution in [-0.4, -0.2) is 41.3 Å². The molecule has 0 atom stereocenters. The van der Waals surface area contributed by atoms with E-state index < -0.39 is 0 Å². The molecular weight excluding hydrogens is 505 g/mol. The van der Waals surface area contributed by atoms with E-state index in [4.69, 9.17) is 0 Å². The van der Waals surface area contributed by atoms with Crippen LogP contribution in [0.15, 0.2) is 6.07 Å². The fourth-order valence-electron chi connectivity index (χ4n) is 1.49. The van der Waals surface area contributed by atoms with Crippen molar-refractivity contribution in [3.8, 4) is 0 Å². The summed E-state index contributed by atoms with van der Waals surface area (Å²) in [7, 11) is 0. The summed E-state index contributed by atoms with van der Waals surface area (Å²) in [5.41, 5.74) is 1.32. The van der Waals surface area contributed by atoms with Crippen molar-refractivity contribution in [2.24, 2.45) is 0 Å². The van der Waals surface area contributed by atoms with E-state index in [1.165, 1.54) is 10.4 Å². The van der Waals surface area contributed by atoms with E-state index in [1.54, 1.807) is 34.3 Å². The monoisotopic (exact) mass is 513 g/mol. The van der Waals surface area contributed by atoms with Gasteiger partial charge in [-0.05, 0) is 0 Å². The third-order valence-corrected chi connectivity index (χ3v) is 5.50. The molecule has 1 aliphatic heterocycles. The third-order valence-electron chi connectivity index (χ3n) is 2.17. The molecule has 0 saturated carbocycles. The Morgan fingerprint density at radius 2 is 2.50 bits per heavy atom. The summed E-state index contributed by atoms with van der Waals surface area (Å²) in [5.74, 6) is -0.215. The number of hydrogen-bond acceptors (Lipinski definition) is 4. The minimum absolute atomic E-state index is 0.215. The van der Waals surface area contributed by atoms with Crippen LogP contribution in [0.2, 0.25) is 0 Å². The van der Waals surface area contributed by atoms with E-state index >= 15 is 0 Å². The molecule has 0 bridgehead atoms. The van der Waals surface area contributed by atoms with Crippen LogP contribution in [0.5, 0.6) is 0 Å². The van der Waals surface area contributed by atoms with Crippen molar-refractivity contribution in [3.63, 3.8) is 0 Å². The first kappa shape index (κ1) is 11.3. The van der Waals surface area contributed by atoms with Gasteiger partial charge in [0.15, 0.2) is 0 Å². The van der Waals surface area contributed by atoms with Crippen molar-refractivity contribution in [3.05, 3.63) is 21.4 Å². The molecule has 0 radical (unpaired) electrons. The summed E-state index contributed by atoms with van der Waals surface area (Å²) in [6.45, 7) is 2.17. The number of hydrogen-bond donors (Lipinski definition) is 0. The van der Waals surface area contributed by atoms with Gasteiger partial charge in [-0.2, -0.15) is 0 Å². The van der Waals surface area contributed by atoms with Gasteiger partial charge in [0.2, 0.25) is 0 Å². The molecule has 0 aliphatic carbocycles. The first-order valence-corrected chi connectivity index (χ1v) is 7.85. The molecule has 0 amide bonds. The van der Waals surface area contributed by atoms with Crippen molar-refractivity contribution >= 4 is 66.4 Å². The van der Waals surface area contributed by atoms with Crippen molar-refractivity contribution in [1.82, 2.24) is 2.71 Å². The van der Waals surface area contributed by atoms with Gasteiger partial charge >= 0.3 is 118 Å². The molecule has 14 heavy (non-hydrogen) atoms. The van der Waals surface area contributed by atoms with Gasteiger partial charge in [0, 0.05) is 0 Å². The molecule has 0 saturated heterocycles. The number of carbonyl (C=O) groups is 1. The van der Waals surface area contributed by atoms with Crippen LogP contribution >= 0.6 is 34.3 Å². The van der Waals surface area contributed by atoms with Crippen molar-refractivity contribution in [2.45, 2.75) is 13.0 Å². The summed E-state index contributed by atoms with van der Waals surface area (Å²) in [6, 6.07) is 1.98. The Balaban J connectivity index is 2.27. The van der Waals surface area contributed by atoms with Gasteiger partial charge in [0.05, 0.1) is 0 Å². The third kappa shape index (κ3) is 2.30. The van der Waals surface area contributed by atoms with Crippen LogP contribution in [0, 0.1) is 0 Å². The van der Waals surface area contributed by atoms with Gasteiger partial charge in [0.25, 0.3) is 0 Å². The van der Waals surface area contributed by atoms with Crippen LogP contribution in [0.25, 0.3) is 0 Å². The molecule has 6 heteroatoms. The molecule has 0 N–H and O–H groups in total. The minimum atomic E-state index is -0.215. The number of halogens is 1. The summed E-state index contributed by atoms with van der Waals surface area (Å²) >= 11 is 4.12. The zero-order chi connectivity index (χ0) is 10.1. The fraction of sp³-hybridized carbons (Fsp3) is 0.375. The second-order valence-corrected chi connectivity index (χ2v) is 7.56. The molecular formula is C8H7INO2STl. The van der Waals surface area contributed by atoms with Crippen molar-refractivity contribution in [2.75, 3.05) is 6.54 Å². The van der Waals surface area contributed by atoms with E-state index in [-0.39, 0.29) is 5.97 Å². The molecule has 1 aliphatic rings. The second kappa shape index (κ2) is 4.75. The molecule has 0 fully saturated rings. The molecule has 2 rings (SSSR count). The topological polar surface area (TPSA) is 29.5 Å². The summed E-state index contributed by atoms with van der Waals surface area (Å²) < 4.78 is 7.10. The van der Waals surface area contributed by atoms with Crippen LogP contribution in [0.4, 0.5) is 0 Å². The SMILES string of the molecule is O=C(OI)c1cc2c(s1)CC[N]([Tl])C2. The predicted octanol–water partition coefficient (Wildman–Crippen LogP) is 1.70. The van der Waals surface area contributed by atoms with E-state index in [1.807, 2.05) is 6.07 Å². The summed E-state index contributed by atoms with van der Waals surface area (Å²) in [6.07, 6.45) is 1.09. The van der Waals surface area contributed by atoms with Gasteiger partial charge in [-0.15, -0.1) is 0 Å². The van der Waals surface area contributed by atoms with E-state index in [2.05, 4.69) is 5.78 Å². The number of fused-ring (bicyclic) bond motifs is 1. The fourth-order valence-corrected chi connectivity index (χ4v) is 4.19. The van der Waals surface area contributed by atoms with Gasteiger partial charge in [-0.3, -0.25) is 0 Å². The quantitative estimate of drug-likeness (QED) is 0.424. The number of thiophene rings is 1. The molecule has 3 nitrogen and oxygen atoms in total. The average Bonchev–Trinajstić information content (AvgIpc) is 2.59. The number of rotatable bonds is 1. The maximum atomic E-state index is 11.3. The summed E-state index contributed by atoms with van der Waals surface area (Å²) in [5, 5.41) is 0. The molecule has 1 aromatic rings. The molecule has 0 unspecified atom stereocenters. The Kier molecular flexibility index (Phi) is 3.82. The number of carbonyl (C=O) groups excluding carboxylic acids is 1. The first-order chi connectivity index (χ1) is 6.70. The van der Waals surface area contributed by atoms with Gasteiger partial charge < -0.3 is 0 Å². The Bertz CT molecular complexity index is 368. The zero-order valence-electron chi connectivity index (χ0n) is 7.33. The zero-order valence-corrected chi connectivity index (χ0v) is 14.8. The molecule has 0 spiro atoms.